The Morgan fingerprint density at radius 3 is 2.40 bits per heavy atom. The second-order valence-corrected chi connectivity index (χ2v) is 3.02. The summed E-state index contributed by atoms with van der Waals surface area (Å²) in [6.07, 6.45) is 2.85. The van der Waals surface area contributed by atoms with E-state index in [1.54, 1.807) is 24.0 Å². The number of hydrogen-bond donors (Lipinski definition) is 1. The van der Waals surface area contributed by atoms with Crippen LogP contribution in [0.3, 0.4) is 0 Å². The van der Waals surface area contributed by atoms with Gasteiger partial charge in [-0.1, -0.05) is 12.2 Å². The zero-order chi connectivity index (χ0) is 11.7. The average molecular weight is 228 g/mol. The van der Waals surface area contributed by atoms with Crippen LogP contribution >= 0.6 is 12.2 Å². The van der Waals surface area contributed by atoms with Gasteiger partial charge in [0.2, 0.25) is 0 Å². The van der Waals surface area contributed by atoms with Crippen molar-refractivity contribution in [2.45, 2.75) is 6.92 Å². The number of nitrogens with one attached hydrogen (secondary N) is 1. The molecule has 0 saturated heterocycles. The lowest BCUT2D eigenvalue weighted by Crippen LogP contribution is -2.43. The van der Waals surface area contributed by atoms with E-state index in [0.717, 1.165) is 0 Å². The molecule has 0 aromatic carbocycles. The second kappa shape index (κ2) is 7.99. The Bertz CT molecular complexity index is 244. The van der Waals surface area contributed by atoms with Crippen LogP contribution in [-0.2, 0) is 4.74 Å². The van der Waals surface area contributed by atoms with E-state index in [-0.39, 0.29) is 0 Å². The summed E-state index contributed by atoms with van der Waals surface area (Å²) in [5.41, 5.74) is 0. The summed E-state index contributed by atoms with van der Waals surface area (Å²) in [4.78, 5) is 12.8. The molecular weight excluding hydrogens is 212 g/mol. The molecule has 1 amide bonds. The molecule has 0 spiro atoms. The molecule has 15 heavy (non-hydrogen) atoms. The summed E-state index contributed by atoms with van der Waals surface area (Å²) in [5.74, 6) is 0. The van der Waals surface area contributed by atoms with Crippen LogP contribution in [0, 0.1) is 0 Å². The molecular formula is C10H16N2O2S. The van der Waals surface area contributed by atoms with E-state index in [1.807, 2.05) is 0 Å². The number of carbonyl (C=O) groups excluding carboxylic acids is 1. The third-order valence-corrected chi connectivity index (χ3v) is 1.83. The minimum atomic E-state index is -0.541. The molecule has 0 saturated carbocycles. The Kier molecular flexibility index (Phi) is 7.27. The van der Waals surface area contributed by atoms with Crippen LogP contribution < -0.4 is 5.32 Å². The van der Waals surface area contributed by atoms with Crippen molar-refractivity contribution in [2.75, 3.05) is 19.7 Å². The van der Waals surface area contributed by atoms with Gasteiger partial charge in [-0.2, -0.15) is 0 Å². The molecule has 0 aliphatic carbocycles. The highest BCUT2D eigenvalue weighted by Gasteiger charge is 2.10. The predicted molar refractivity (Wildman–Crippen MR) is 64.7 cm³/mol. The summed E-state index contributed by atoms with van der Waals surface area (Å²) in [7, 11) is 0. The molecule has 0 radical (unpaired) electrons. The minimum Gasteiger partial charge on any atom is -0.450 e. The normalized spacial score (nSPS) is 8.87. The van der Waals surface area contributed by atoms with Crippen LogP contribution in [0.1, 0.15) is 6.92 Å². The molecule has 0 heterocycles. The minimum absolute atomic E-state index is 0.313. The van der Waals surface area contributed by atoms with Gasteiger partial charge in [0, 0.05) is 13.1 Å². The first kappa shape index (κ1) is 13.6. The van der Waals surface area contributed by atoms with Gasteiger partial charge in [-0.15, -0.1) is 13.2 Å². The van der Waals surface area contributed by atoms with Crippen molar-refractivity contribution in [3.05, 3.63) is 25.3 Å². The summed E-state index contributed by atoms with van der Waals surface area (Å²) < 4.78 is 4.70. The van der Waals surface area contributed by atoms with Crippen molar-refractivity contribution < 1.29 is 9.53 Å². The molecule has 1 N–H and O–H groups in total. The number of ether oxygens (including phenoxy) is 1. The number of amides is 1. The van der Waals surface area contributed by atoms with E-state index in [4.69, 9.17) is 17.0 Å². The molecule has 5 heteroatoms. The van der Waals surface area contributed by atoms with Gasteiger partial charge in [0.05, 0.1) is 6.61 Å². The standard InChI is InChI=1S/C10H16N2O2S/c1-4-7-12(8-5-2)9(15)11-10(13)14-6-3/h4-5H,1-2,6-8H2,3H3,(H,11,13,15). The van der Waals surface area contributed by atoms with Crippen LogP contribution in [-0.4, -0.2) is 35.8 Å². The Labute approximate surface area is 95.6 Å². The maximum absolute atomic E-state index is 11.1. The van der Waals surface area contributed by atoms with Gasteiger partial charge in [0.1, 0.15) is 0 Å². The highest BCUT2D eigenvalue weighted by molar-refractivity contribution is 7.80. The number of alkyl carbamates (subject to hydrolysis) is 1. The van der Waals surface area contributed by atoms with Crippen molar-refractivity contribution >= 4 is 23.4 Å². The Balaban J connectivity index is 4.17. The molecule has 0 aliphatic rings. The number of carbonyl (C=O) groups is 1. The van der Waals surface area contributed by atoms with Crippen molar-refractivity contribution in [3.8, 4) is 0 Å². The molecule has 0 aliphatic heterocycles. The summed E-state index contributed by atoms with van der Waals surface area (Å²) in [6.45, 7) is 10.4. The fourth-order valence-corrected chi connectivity index (χ4v) is 1.12. The quantitative estimate of drug-likeness (QED) is 0.574. The lowest BCUT2D eigenvalue weighted by molar-refractivity contribution is 0.157. The van der Waals surface area contributed by atoms with Gasteiger partial charge in [0.25, 0.3) is 0 Å². The van der Waals surface area contributed by atoms with Gasteiger partial charge >= 0.3 is 6.09 Å². The van der Waals surface area contributed by atoms with Crippen molar-refractivity contribution in [2.24, 2.45) is 0 Å². The molecule has 4 nitrogen and oxygen atoms in total. The Morgan fingerprint density at radius 1 is 1.47 bits per heavy atom. The predicted octanol–water partition coefficient (Wildman–Crippen LogP) is 1.69. The topological polar surface area (TPSA) is 41.6 Å². The number of rotatable bonds is 5. The monoisotopic (exact) mass is 228 g/mol. The molecule has 0 bridgehead atoms. The summed E-state index contributed by atoms with van der Waals surface area (Å²) in [5, 5.41) is 2.76. The first-order valence-electron chi connectivity index (χ1n) is 4.60. The fourth-order valence-electron chi connectivity index (χ4n) is 0.886. The van der Waals surface area contributed by atoms with Crippen molar-refractivity contribution in [3.63, 3.8) is 0 Å². The Hall–Kier alpha value is -1.36. The molecule has 0 rings (SSSR count). The Morgan fingerprint density at radius 2 is 2.00 bits per heavy atom. The van der Waals surface area contributed by atoms with Crippen LogP contribution in [0.5, 0.6) is 0 Å². The zero-order valence-corrected chi connectivity index (χ0v) is 9.68. The fraction of sp³-hybridized carbons (Fsp3) is 0.400. The van der Waals surface area contributed by atoms with Crippen LogP contribution in [0.2, 0.25) is 0 Å². The lowest BCUT2D eigenvalue weighted by atomic mass is 10.5. The molecule has 0 atom stereocenters. The molecule has 84 valence electrons. The van der Waals surface area contributed by atoms with E-state index in [0.29, 0.717) is 24.8 Å². The molecule has 0 unspecified atom stereocenters. The average Bonchev–Trinajstić information content (AvgIpc) is 2.17. The number of nitrogens with zero attached hydrogens (tertiary/aromatic N) is 1. The first-order chi connectivity index (χ1) is 7.15. The summed E-state index contributed by atoms with van der Waals surface area (Å²) >= 11 is 5.02. The SMILES string of the molecule is C=CCN(CC=C)C(=S)NC(=O)OCC. The third kappa shape index (κ3) is 5.85. The molecule has 0 aromatic rings. The smallest absolute Gasteiger partial charge is 0.413 e. The molecule has 0 aromatic heterocycles. The van der Waals surface area contributed by atoms with Crippen LogP contribution in [0.4, 0.5) is 4.79 Å². The highest BCUT2D eigenvalue weighted by Crippen LogP contribution is 1.92. The largest absolute Gasteiger partial charge is 0.450 e. The van der Waals surface area contributed by atoms with Crippen LogP contribution in [0.15, 0.2) is 25.3 Å². The first-order valence-corrected chi connectivity index (χ1v) is 5.01. The number of hydrogen-bond acceptors (Lipinski definition) is 3. The van der Waals surface area contributed by atoms with Gasteiger partial charge in [-0.05, 0) is 19.1 Å². The highest BCUT2D eigenvalue weighted by atomic mass is 32.1. The van der Waals surface area contributed by atoms with Gasteiger partial charge in [-0.25, -0.2) is 4.79 Å². The lowest BCUT2D eigenvalue weighted by Gasteiger charge is -2.21. The van der Waals surface area contributed by atoms with Gasteiger partial charge in [0.15, 0.2) is 5.11 Å². The maximum atomic E-state index is 11.1. The second-order valence-electron chi connectivity index (χ2n) is 2.63. The summed E-state index contributed by atoms with van der Waals surface area (Å²) in [6, 6.07) is 0. The molecule has 0 fully saturated rings. The third-order valence-electron chi connectivity index (χ3n) is 1.47. The van der Waals surface area contributed by atoms with E-state index in [2.05, 4.69) is 18.5 Å². The van der Waals surface area contributed by atoms with Gasteiger partial charge < -0.3 is 9.64 Å². The van der Waals surface area contributed by atoms with E-state index >= 15 is 0 Å². The zero-order valence-electron chi connectivity index (χ0n) is 8.86. The van der Waals surface area contributed by atoms with Crippen LogP contribution in [0.25, 0.3) is 0 Å². The van der Waals surface area contributed by atoms with Crippen molar-refractivity contribution in [1.82, 2.24) is 10.2 Å². The van der Waals surface area contributed by atoms with E-state index < -0.39 is 6.09 Å². The number of thiocarbonyl (C=S) groups is 1. The van der Waals surface area contributed by atoms with Crippen molar-refractivity contribution in [1.29, 1.82) is 0 Å². The van der Waals surface area contributed by atoms with E-state index in [9.17, 15) is 4.79 Å². The maximum Gasteiger partial charge on any atom is 0.413 e. The van der Waals surface area contributed by atoms with Gasteiger partial charge in [-0.3, -0.25) is 5.32 Å². The van der Waals surface area contributed by atoms with E-state index in [1.165, 1.54) is 0 Å².